The standard InChI is InChI=1S/C13H9FN2O/c14-10-5-1-2-6-11(10)17-12-7-3-4-9(8-15)13(12)16/h1-7H,16H2. The maximum absolute atomic E-state index is 13.4. The number of nitriles is 1. The van der Waals surface area contributed by atoms with Gasteiger partial charge in [-0.2, -0.15) is 5.26 Å². The number of nitrogen functional groups attached to an aromatic ring is 1. The van der Waals surface area contributed by atoms with Crippen LogP contribution in [0.5, 0.6) is 11.5 Å². The van der Waals surface area contributed by atoms with Crippen LogP contribution in [0.2, 0.25) is 0 Å². The highest BCUT2D eigenvalue weighted by molar-refractivity contribution is 5.63. The lowest BCUT2D eigenvalue weighted by Gasteiger charge is -2.09. The third-order valence-electron chi connectivity index (χ3n) is 2.24. The van der Waals surface area contributed by atoms with Gasteiger partial charge >= 0.3 is 0 Å². The second kappa shape index (κ2) is 4.54. The Morgan fingerprint density at radius 3 is 2.47 bits per heavy atom. The van der Waals surface area contributed by atoms with Gasteiger partial charge in [-0.05, 0) is 24.3 Å². The Kier molecular flexibility index (Phi) is 2.93. The quantitative estimate of drug-likeness (QED) is 0.803. The van der Waals surface area contributed by atoms with Crippen molar-refractivity contribution in [1.29, 1.82) is 5.26 Å². The average Bonchev–Trinajstić information content (AvgIpc) is 2.34. The van der Waals surface area contributed by atoms with Crippen molar-refractivity contribution in [2.45, 2.75) is 0 Å². The molecule has 0 aliphatic carbocycles. The van der Waals surface area contributed by atoms with E-state index in [1.807, 2.05) is 6.07 Å². The Labute approximate surface area is 97.9 Å². The SMILES string of the molecule is N#Cc1cccc(Oc2ccccc2F)c1N. The topological polar surface area (TPSA) is 59.0 Å². The number of nitrogens with zero attached hydrogens (tertiary/aromatic N) is 1. The molecule has 0 bridgehead atoms. The number of nitrogens with two attached hydrogens (primary N) is 1. The third-order valence-corrected chi connectivity index (χ3v) is 2.24. The third kappa shape index (κ3) is 2.18. The highest BCUT2D eigenvalue weighted by Crippen LogP contribution is 2.30. The van der Waals surface area contributed by atoms with Gasteiger partial charge in [-0.1, -0.05) is 18.2 Å². The summed E-state index contributed by atoms with van der Waals surface area (Å²) in [6, 6.07) is 12.7. The summed E-state index contributed by atoms with van der Waals surface area (Å²) in [6.45, 7) is 0. The summed E-state index contributed by atoms with van der Waals surface area (Å²) in [5, 5.41) is 8.80. The lowest BCUT2D eigenvalue weighted by molar-refractivity contribution is 0.444. The van der Waals surface area contributed by atoms with Crippen molar-refractivity contribution in [2.24, 2.45) is 0 Å². The second-order valence-electron chi connectivity index (χ2n) is 3.36. The van der Waals surface area contributed by atoms with E-state index in [-0.39, 0.29) is 17.2 Å². The van der Waals surface area contributed by atoms with Crippen LogP contribution in [0.1, 0.15) is 5.56 Å². The van der Waals surface area contributed by atoms with Gasteiger partial charge in [0.25, 0.3) is 0 Å². The van der Waals surface area contributed by atoms with Crippen LogP contribution < -0.4 is 10.5 Å². The maximum Gasteiger partial charge on any atom is 0.165 e. The first-order valence-corrected chi connectivity index (χ1v) is 4.93. The predicted octanol–water partition coefficient (Wildman–Crippen LogP) is 3.07. The van der Waals surface area contributed by atoms with Crippen molar-refractivity contribution in [3.05, 3.63) is 53.8 Å². The van der Waals surface area contributed by atoms with Crippen LogP contribution in [-0.4, -0.2) is 0 Å². The normalized spacial score (nSPS) is 9.65. The molecule has 0 aliphatic rings. The highest BCUT2D eigenvalue weighted by Gasteiger charge is 2.08. The van der Waals surface area contributed by atoms with Crippen LogP contribution in [0.4, 0.5) is 10.1 Å². The van der Waals surface area contributed by atoms with E-state index >= 15 is 0 Å². The Morgan fingerprint density at radius 2 is 1.76 bits per heavy atom. The fourth-order valence-electron chi connectivity index (χ4n) is 1.38. The Bertz CT molecular complexity index is 590. The molecule has 0 amide bonds. The van der Waals surface area contributed by atoms with Crippen LogP contribution in [0.3, 0.4) is 0 Å². The molecule has 2 aromatic rings. The van der Waals surface area contributed by atoms with Gasteiger partial charge in [-0.3, -0.25) is 0 Å². The minimum absolute atomic E-state index is 0.0780. The minimum Gasteiger partial charge on any atom is -0.452 e. The zero-order valence-corrected chi connectivity index (χ0v) is 8.85. The monoisotopic (exact) mass is 228 g/mol. The number of rotatable bonds is 2. The molecule has 4 heteroatoms. The van der Waals surface area contributed by atoms with Crippen molar-refractivity contribution in [2.75, 3.05) is 5.73 Å². The molecule has 0 saturated carbocycles. The molecule has 0 unspecified atom stereocenters. The number of para-hydroxylation sites is 2. The van der Waals surface area contributed by atoms with Gasteiger partial charge < -0.3 is 10.5 Å². The molecule has 0 spiro atoms. The fourth-order valence-corrected chi connectivity index (χ4v) is 1.38. The van der Waals surface area contributed by atoms with Gasteiger partial charge in [0.05, 0.1) is 11.3 Å². The zero-order valence-electron chi connectivity index (χ0n) is 8.85. The first-order valence-electron chi connectivity index (χ1n) is 4.93. The van der Waals surface area contributed by atoms with Gasteiger partial charge in [-0.15, -0.1) is 0 Å². The number of hydrogen-bond acceptors (Lipinski definition) is 3. The molecule has 0 heterocycles. The molecule has 0 saturated heterocycles. The number of hydrogen-bond donors (Lipinski definition) is 1. The summed E-state index contributed by atoms with van der Waals surface area (Å²) in [7, 11) is 0. The van der Waals surface area contributed by atoms with E-state index in [1.165, 1.54) is 12.1 Å². The summed E-state index contributed by atoms with van der Waals surface area (Å²) in [6.07, 6.45) is 0. The molecule has 84 valence electrons. The Balaban J connectivity index is 2.38. The Hall–Kier alpha value is -2.54. The van der Waals surface area contributed by atoms with Crippen molar-refractivity contribution in [3.63, 3.8) is 0 Å². The number of ether oxygens (including phenoxy) is 1. The summed E-state index contributed by atoms with van der Waals surface area (Å²) in [5.74, 6) is -0.127. The zero-order chi connectivity index (χ0) is 12.3. The molecule has 17 heavy (non-hydrogen) atoms. The van der Waals surface area contributed by atoms with Crippen LogP contribution in [0.15, 0.2) is 42.5 Å². The molecule has 3 nitrogen and oxygen atoms in total. The van der Waals surface area contributed by atoms with E-state index in [0.29, 0.717) is 5.56 Å². The van der Waals surface area contributed by atoms with Crippen LogP contribution >= 0.6 is 0 Å². The summed E-state index contributed by atoms with van der Waals surface area (Å²) in [4.78, 5) is 0. The van der Waals surface area contributed by atoms with E-state index in [2.05, 4.69) is 0 Å². The predicted molar refractivity (Wildman–Crippen MR) is 62.0 cm³/mol. The van der Waals surface area contributed by atoms with E-state index < -0.39 is 5.82 Å². The lowest BCUT2D eigenvalue weighted by atomic mass is 10.2. The van der Waals surface area contributed by atoms with Gasteiger partial charge in [-0.25, -0.2) is 4.39 Å². The van der Waals surface area contributed by atoms with Crippen molar-refractivity contribution in [3.8, 4) is 17.6 Å². The Morgan fingerprint density at radius 1 is 1.06 bits per heavy atom. The smallest absolute Gasteiger partial charge is 0.165 e. The van der Waals surface area contributed by atoms with Crippen LogP contribution in [0.25, 0.3) is 0 Å². The molecule has 2 aromatic carbocycles. The van der Waals surface area contributed by atoms with E-state index in [0.717, 1.165) is 0 Å². The van der Waals surface area contributed by atoms with Gasteiger partial charge in [0.1, 0.15) is 6.07 Å². The summed E-state index contributed by atoms with van der Waals surface area (Å²) < 4.78 is 18.7. The number of halogens is 1. The number of anilines is 1. The fraction of sp³-hybridized carbons (Fsp3) is 0. The van der Waals surface area contributed by atoms with Gasteiger partial charge in [0, 0.05) is 0 Å². The van der Waals surface area contributed by atoms with Crippen molar-refractivity contribution < 1.29 is 9.13 Å². The van der Waals surface area contributed by atoms with Crippen molar-refractivity contribution in [1.82, 2.24) is 0 Å². The van der Waals surface area contributed by atoms with Gasteiger partial charge in [0.2, 0.25) is 0 Å². The van der Waals surface area contributed by atoms with E-state index in [9.17, 15) is 4.39 Å². The number of benzene rings is 2. The molecule has 0 radical (unpaired) electrons. The van der Waals surface area contributed by atoms with Gasteiger partial charge in [0.15, 0.2) is 17.3 Å². The van der Waals surface area contributed by atoms with E-state index in [1.54, 1.807) is 30.3 Å². The average molecular weight is 228 g/mol. The first kappa shape index (κ1) is 11.0. The second-order valence-corrected chi connectivity index (χ2v) is 3.36. The minimum atomic E-state index is -0.478. The molecule has 2 N–H and O–H groups in total. The molecule has 2 rings (SSSR count). The van der Waals surface area contributed by atoms with Crippen LogP contribution in [-0.2, 0) is 0 Å². The molecule has 0 aromatic heterocycles. The maximum atomic E-state index is 13.4. The molecule has 0 aliphatic heterocycles. The molecule has 0 atom stereocenters. The first-order chi connectivity index (χ1) is 8.22. The highest BCUT2D eigenvalue weighted by atomic mass is 19.1. The molecular formula is C13H9FN2O. The molecular weight excluding hydrogens is 219 g/mol. The molecule has 0 fully saturated rings. The summed E-state index contributed by atoms with van der Waals surface area (Å²) >= 11 is 0. The lowest BCUT2D eigenvalue weighted by Crippen LogP contribution is -1.96. The van der Waals surface area contributed by atoms with Crippen molar-refractivity contribution >= 4 is 5.69 Å². The van der Waals surface area contributed by atoms with Crippen LogP contribution in [0, 0.1) is 17.1 Å². The largest absolute Gasteiger partial charge is 0.452 e. The summed E-state index contributed by atoms with van der Waals surface area (Å²) in [5.41, 5.74) is 6.23. The van der Waals surface area contributed by atoms with E-state index in [4.69, 9.17) is 15.7 Å².